The van der Waals surface area contributed by atoms with E-state index in [1.54, 1.807) is 0 Å². The van der Waals surface area contributed by atoms with E-state index in [-0.39, 0.29) is 17.8 Å². The smallest absolute Gasteiger partial charge is 0.168 e. The van der Waals surface area contributed by atoms with E-state index in [1.807, 2.05) is 13.8 Å². The molecular weight excluding hydrogens is 224 g/mol. The second kappa shape index (κ2) is 2.93. The van der Waals surface area contributed by atoms with Crippen molar-refractivity contribution in [2.75, 3.05) is 0 Å². The average Bonchev–Trinajstić information content (AvgIpc) is 2.34. The Morgan fingerprint density at radius 2 is 1.69 bits per heavy atom. The molecule has 0 aromatic heterocycles. The highest BCUT2D eigenvalue weighted by atomic mass is 35.5. The van der Waals surface area contributed by atoms with Crippen LogP contribution in [0.25, 0.3) is 0 Å². The van der Waals surface area contributed by atoms with Crippen molar-refractivity contribution in [2.45, 2.75) is 37.2 Å². The van der Waals surface area contributed by atoms with Gasteiger partial charge in [0, 0.05) is 0 Å². The number of hydrogen-bond acceptors (Lipinski definition) is 0. The van der Waals surface area contributed by atoms with E-state index in [1.165, 1.54) is 0 Å². The van der Waals surface area contributed by atoms with Gasteiger partial charge in [-0.15, -0.1) is 0 Å². The van der Waals surface area contributed by atoms with E-state index in [2.05, 4.69) is 0 Å². The van der Waals surface area contributed by atoms with Gasteiger partial charge in [-0.05, 0) is 24.2 Å². The summed E-state index contributed by atoms with van der Waals surface area (Å²) in [4.78, 5) is 0. The first-order valence-corrected chi connectivity index (χ1v) is 4.76. The van der Waals surface area contributed by atoms with Crippen molar-refractivity contribution >= 4 is 23.2 Å². The van der Waals surface area contributed by atoms with Crippen LogP contribution in [-0.4, -0.2) is 10.5 Å². The fourth-order valence-corrected chi connectivity index (χ4v) is 1.72. The summed E-state index contributed by atoms with van der Waals surface area (Å²) in [7, 11) is 0. The normalized spacial score (nSPS) is 27.5. The third-order valence-corrected chi connectivity index (χ3v) is 3.37. The molecule has 0 aromatic carbocycles. The number of halogens is 5. The van der Waals surface area contributed by atoms with Crippen LogP contribution < -0.4 is 0 Å². The molecule has 0 nitrogen and oxygen atoms in total. The van der Waals surface area contributed by atoms with Crippen LogP contribution in [0, 0.1) is 11.3 Å². The molecule has 0 N–H and O–H groups in total. The van der Waals surface area contributed by atoms with Gasteiger partial charge in [0.25, 0.3) is 0 Å². The fraction of sp³-hybridized carbons (Fsp3) is 1.00. The lowest BCUT2D eigenvalue weighted by Gasteiger charge is -2.23. The van der Waals surface area contributed by atoms with Crippen LogP contribution in [0.4, 0.5) is 13.2 Å². The maximum atomic E-state index is 12.2. The van der Waals surface area contributed by atoms with Gasteiger partial charge in [0.05, 0.1) is 0 Å². The van der Waals surface area contributed by atoms with Crippen LogP contribution in [-0.2, 0) is 0 Å². The van der Waals surface area contributed by atoms with Gasteiger partial charge >= 0.3 is 6.18 Å². The summed E-state index contributed by atoms with van der Waals surface area (Å²) >= 11 is 10.4. The van der Waals surface area contributed by atoms with Crippen molar-refractivity contribution in [1.82, 2.24) is 0 Å². The molecule has 0 aliphatic heterocycles. The summed E-state index contributed by atoms with van der Waals surface area (Å²) in [5.74, 6) is -0.0101. The molecule has 0 radical (unpaired) electrons. The fourth-order valence-electron chi connectivity index (χ4n) is 1.35. The molecule has 1 unspecified atom stereocenters. The summed E-state index contributed by atoms with van der Waals surface area (Å²) in [5, 5.41) is 0. The van der Waals surface area contributed by atoms with Gasteiger partial charge in [0.2, 0.25) is 4.33 Å². The van der Waals surface area contributed by atoms with E-state index in [0.717, 1.165) is 6.42 Å². The second-order valence-corrected chi connectivity index (χ2v) is 5.78. The van der Waals surface area contributed by atoms with Crippen LogP contribution >= 0.6 is 23.2 Å². The van der Waals surface area contributed by atoms with Crippen LogP contribution in [0.3, 0.4) is 0 Å². The van der Waals surface area contributed by atoms with Gasteiger partial charge in [0.15, 0.2) is 0 Å². The molecule has 0 heterocycles. The first-order chi connectivity index (χ1) is 5.56. The summed E-state index contributed by atoms with van der Waals surface area (Å²) in [6.07, 6.45) is -3.97. The highest BCUT2D eigenvalue weighted by Crippen LogP contribution is 2.59. The Bertz CT molecular complexity index is 208. The summed E-state index contributed by atoms with van der Waals surface area (Å²) < 4.78 is 34.1. The van der Waals surface area contributed by atoms with Gasteiger partial charge in [0.1, 0.15) is 0 Å². The third kappa shape index (κ3) is 2.44. The molecule has 0 spiro atoms. The Kier molecular flexibility index (Phi) is 2.58. The van der Waals surface area contributed by atoms with Crippen molar-refractivity contribution in [3.05, 3.63) is 0 Å². The average molecular weight is 235 g/mol. The number of hydrogen-bond donors (Lipinski definition) is 0. The Balaban J connectivity index is 2.54. The zero-order chi connectivity index (χ0) is 10.5. The van der Waals surface area contributed by atoms with E-state index in [9.17, 15) is 13.2 Å². The Hall–Kier alpha value is 0.370. The van der Waals surface area contributed by atoms with Gasteiger partial charge in [-0.25, -0.2) is 0 Å². The summed E-state index contributed by atoms with van der Waals surface area (Å²) in [6, 6.07) is 0. The molecule has 5 heteroatoms. The van der Waals surface area contributed by atoms with Crippen LogP contribution in [0.5, 0.6) is 0 Å². The van der Waals surface area contributed by atoms with Gasteiger partial charge in [-0.3, -0.25) is 0 Å². The molecule has 0 saturated heterocycles. The molecule has 0 bridgehead atoms. The monoisotopic (exact) mass is 234 g/mol. The maximum Gasteiger partial charge on any atom is 0.421 e. The number of rotatable bonds is 2. The lowest BCUT2D eigenvalue weighted by atomic mass is 10.1. The molecular formula is C8H11Cl2F3. The third-order valence-electron chi connectivity index (χ3n) is 2.64. The molecule has 0 aromatic rings. The zero-order valence-corrected chi connectivity index (χ0v) is 8.89. The molecule has 1 aliphatic carbocycles. The number of alkyl halides is 5. The van der Waals surface area contributed by atoms with Crippen molar-refractivity contribution < 1.29 is 13.2 Å². The molecule has 1 aliphatic rings. The molecule has 1 rings (SSSR count). The molecule has 1 fully saturated rings. The first kappa shape index (κ1) is 11.4. The summed E-state index contributed by atoms with van der Waals surface area (Å²) in [6.45, 7) is 3.83. The Morgan fingerprint density at radius 1 is 1.31 bits per heavy atom. The predicted octanol–water partition coefficient (Wildman–Crippen LogP) is 4.16. The molecule has 13 heavy (non-hydrogen) atoms. The molecule has 1 saturated carbocycles. The lowest BCUT2D eigenvalue weighted by molar-refractivity contribution is -0.144. The SMILES string of the molecule is CC1(C)CC1CC(Cl)(Cl)C(F)(F)F. The lowest BCUT2D eigenvalue weighted by Crippen LogP contribution is -2.34. The zero-order valence-electron chi connectivity index (χ0n) is 7.38. The van der Waals surface area contributed by atoms with Crippen LogP contribution in [0.2, 0.25) is 0 Å². The predicted molar refractivity (Wildman–Crippen MR) is 47.0 cm³/mol. The van der Waals surface area contributed by atoms with Crippen LogP contribution in [0.1, 0.15) is 26.7 Å². The van der Waals surface area contributed by atoms with Crippen LogP contribution in [0.15, 0.2) is 0 Å². The van der Waals surface area contributed by atoms with Gasteiger partial charge in [-0.1, -0.05) is 37.0 Å². The van der Waals surface area contributed by atoms with Crippen molar-refractivity contribution in [3.8, 4) is 0 Å². The van der Waals surface area contributed by atoms with E-state index < -0.39 is 10.5 Å². The van der Waals surface area contributed by atoms with Crippen molar-refractivity contribution in [2.24, 2.45) is 11.3 Å². The Morgan fingerprint density at radius 3 is 1.92 bits per heavy atom. The largest absolute Gasteiger partial charge is 0.421 e. The second-order valence-electron chi connectivity index (χ2n) is 4.30. The van der Waals surface area contributed by atoms with Crippen molar-refractivity contribution in [1.29, 1.82) is 0 Å². The van der Waals surface area contributed by atoms with Gasteiger partial charge in [-0.2, -0.15) is 13.2 Å². The highest BCUT2D eigenvalue weighted by molar-refractivity contribution is 6.49. The standard InChI is InChI=1S/C8H11Cl2F3/c1-6(2)3-5(6)4-7(9,10)8(11,12)13/h5H,3-4H2,1-2H3. The minimum absolute atomic E-state index is 0.0101. The van der Waals surface area contributed by atoms with E-state index >= 15 is 0 Å². The summed E-state index contributed by atoms with van der Waals surface area (Å²) in [5.41, 5.74) is -0.0275. The molecule has 1 atom stereocenters. The quantitative estimate of drug-likeness (QED) is 0.630. The van der Waals surface area contributed by atoms with Gasteiger partial charge < -0.3 is 0 Å². The molecule has 0 amide bonds. The molecule has 78 valence electrons. The first-order valence-electron chi connectivity index (χ1n) is 4.01. The van der Waals surface area contributed by atoms with E-state index in [4.69, 9.17) is 23.2 Å². The maximum absolute atomic E-state index is 12.2. The Labute approximate surface area is 85.4 Å². The topological polar surface area (TPSA) is 0 Å². The van der Waals surface area contributed by atoms with E-state index in [0.29, 0.717) is 0 Å². The minimum Gasteiger partial charge on any atom is -0.168 e. The highest BCUT2D eigenvalue weighted by Gasteiger charge is 2.58. The van der Waals surface area contributed by atoms with Crippen molar-refractivity contribution in [3.63, 3.8) is 0 Å². The minimum atomic E-state index is -4.53.